The van der Waals surface area contributed by atoms with Gasteiger partial charge in [0.2, 0.25) is 0 Å². The fraction of sp³-hybridized carbons (Fsp3) is 0.206. The molecule has 0 spiro atoms. The lowest BCUT2D eigenvalue weighted by molar-refractivity contribution is -0.274. The first kappa shape index (κ1) is 32.6. The van der Waals surface area contributed by atoms with E-state index in [2.05, 4.69) is 15.4 Å². The largest absolute Gasteiger partial charge is 0.573 e. The van der Waals surface area contributed by atoms with Crippen LogP contribution < -0.4 is 15.4 Å². The Morgan fingerprint density at radius 1 is 0.800 bits per heavy atom. The van der Waals surface area contributed by atoms with Crippen molar-refractivity contribution in [2.75, 3.05) is 18.4 Å². The van der Waals surface area contributed by atoms with Crippen LogP contribution in [0.25, 0.3) is 0 Å². The van der Waals surface area contributed by atoms with E-state index >= 15 is 0 Å². The molecule has 0 radical (unpaired) electrons. The summed E-state index contributed by atoms with van der Waals surface area (Å²) in [6, 6.07) is 30.9. The lowest BCUT2D eigenvalue weighted by Crippen LogP contribution is -2.36. The van der Waals surface area contributed by atoms with Crippen LogP contribution in [-0.4, -0.2) is 47.4 Å². The summed E-state index contributed by atoms with van der Waals surface area (Å²) in [4.78, 5) is 38.2. The molecule has 0 aliphatic rings. The van der Waals surface area contributed by atoms with E-state index in [0.717, 1.165) is 28.8 Å². The number of amides is 3. The number of hydrogen-bond acceptors (Lipinski definition) is 4. The molecule has 0 heterocycles. The van der Waals surface area contributed by atoms with Gasteiger partial charge in [-0.3, -0.25) is 9.59 Å². The van der Waals surface area contributed by atoms with Gasteiger partial charge in [0.25, 0.3) is 5.91 Å². The van der Waals surface area contributed by atoms with Crippen molar-refractivity contribution < 1.29 is 37.4 Å². The molecular formula is C34H32F3N3O5. The van der Waals surface area contributed by atoms with Gasteiger partial charge in [-0.25, -0.2) is 4.79 Å². The van der Waals surface area contributed by atoms with Gasteiger partial charge in [-0.15, -0.1) is 13.2 Å². The van der Waals surface area contributed by atoms with Gasteiger partial charge in [0.05, 0.1) is 6.42 Å². The Kier molecular flexibility index (Phi) is 11.2. The van der Waals surface area contributed by atoms with Crippen molar-refractivity contribution in [3.05, 3.63) is 131 Å². The first-order valence-corrected chi connectivity index (χ1v) is 14.2. The molecule has 0 fully saturated rings. The fourth-order valence-corrected chi connectivity index (χ4v) is 4.74. The maximum Gasteiger partial charge on any atom is 0.573 e. The molecule has 4 aromatic rings. The van der Waals surface area contributed by atoms with Crippen molar-refractivity contribution in [1.82, 2.24) is 10.2 Å². The third kappa shape index (κ3) is 10.4. The number of carboxylic acid groups (broad SMARTS) is 1. The van der Waals surface area contributed by atoms with Crippen LogP contribution in [0.2, 0.25) is 0 Å². The first-order valence-electron chi connectivity index (χ1n) is 14.2. The molecule has 0 unspecified atom stereocenters. The fourth-order valence-electron chi connectivity index (χ4n) is 4.74. The Bertz CT molecular complexity index is 1510. The maximum atomic E-state index is 13.6. The molecule has 4 aromatic carbocycles. The number of anilines is 1. The summed E-state index contributed by atoms with van der Waals surface area (Å²) in [6.07, 6.45) is -4.45. The summed E-state index contributed by atoms with van der Waals surface area (Å²) in [7, 11) is 0. The van der Waals surface area contributed by atoms with Crippen LogP contribution in [0.15, 0.2) is 109 Å². The van der Waals surface area contributed by atoms with Crippen molar-refractivity contribution in [3.8, 4) is 5.75 Å². The second-order valence-corrected chi connectivity index (χ2v) is 10.2. The summed E-state index contributed by atoms with van der Waals surface area (Å²) in [6.45, 7) is 0.502. The van der Waals surface area contributed by atoms with Gasteiger partial charge in [-0.2, -0.15) is 0 Å². The molecule has 3 amide bonds. The average Bonchev–Trinajstić information content (AvgIpc) is 3.02. The molecule has 0 aliphatic heterocycles. The van der Waals surface area contributed by atoms with Crippen molar-refractivity contribution >= 4 is 23.6 Å². The number of halogens is 3. The first-order chi connectivity index (χ1) is 21.6. The zero-order valence-corrected chi connectivity index (χ0v) is 24.2. The van der Waals surface area contributed by atoms with E-state index < -0.39 is 30.0 Å². The van der Waals surface area contributed by atoms with Gasteiger partial charge in [0.15, 0.2) is 0 Å². The molecule has 0 saturated carbocycles. The Hall–Kier alpha value is -5.32. The number of ether oxygens (including phenoxy) is 1. The van der Waals surface area contributed by atoms with Crippen LogP contribution in [0.3, 0.4) is 0 Å². The van der Waals surface area contributed by atoms with Crippen molar-refractivity contribution in [3.63, 3.8) is 0 Å². The highest BCUT2D eigenvalue weighted by Crippen LogP contribution is 2.29. The van der Waals surface area contributed by atoms with Crippen LogP contribution in [0.4, 0.5) is 23.7 Å². The predicted molar refractivity (Wildman–Crippen MR) is 163 cm³/mol. The van der Waals surface area contributed by atoms with Crippen LogP contribution in [-0.2, 0) is 11.3 Å². The molecule has 0 aliphatic carbocycles. The van der Waals surface area contributed by atoms with E-state index in [0.29, 0.717) is 18.5 Å². The van der Waals surface area contributed by atoms with Crippen LogP contribution >= 0.6 is 0 Å². The highest BCUT2D eigenvalue weighted by Gasteiger charge is 2.31. The highest BCUT2D eigenvalue weighted by molar-refractivity contribution is 5.94. The van der Waals surface area contributed by atoms with Crippen molar-refractivity contribution in [1.29, 1.82) is 0 Å². The SMILES string of the molecule is O=C(O)CCNC(=O)c1ccc(CN(CCC(c2ccccc2)c2ccccc2)C(=O)Nc2ccc(OC(F)(F)F)cc2)cc1. The summed E-state index contributed by atoms with van der Waals surface area (Å²) < 4.78 is 41.6. The molecular weight excluding hydrogens is 587 g/mol. The topological polar surface area (TPSA) is 108 Å². The zero-order chi connectivity index (χ0) is 32.2. The molecule has 234 valence electrons. The number of carboxylic acids is 1. The predicted octanol–water partition coefficient (Wildman–Crippen LogP) is 7.05. The Morgan fingerprint density at radius 3 is 1.91 bits per heavy atom. The lowest BCUT2D eigenvalue weighted by Gasteiger charge is -2.26. The molecule has 11 heteroatoms. The van der Waals surface area contributed by atoms with Gasteiger partial charge in [-0.05, 0) is 59.5 Å². The number of rotatable bonds is 13. The summed E-state index contributed by atoms with van der Waals surface area (Å²) in [5, 5.41) is 14.1. The number of nitrogens with one attached hydrogen (secondary N) is 2. The molecule has 0 aromatic heterocycles. The summed E-state index contributed by atoms with van der Waals surface area (Å²) >= 11 is 0. The second-order valence-electron chi connectivity index (χ2n) is 10.2. The number of benzene rings is 4. The van der Waals surface area contributed by atoms with E-state index in [1.165, 1.54) is 12.1 Å². The third-order valence-electron chi connectivity index (χ3n) is 6.93. The van der Waals surface area contributed by atoms with Gasteiger partial charge in [0.1, 0.15) is 5.75 Å². The second kappa shape index (κ2) is 15.4. The maximum absolute atomic E-state index is 13.6. The van der Waals surface area contributed by atoms with Gasteiger partial charge in [-0.1, -0.05) is 72.8 Å². The molecule has 0 bridgehead atoms. The minimum absolute atomic E-state index is 0.00281. The van der Waals surface area contributed by atoms with E-state index in [-0.39, 0.29) is 31.1 Å². The summed E-state index contributed by atoms with van der Waals surface area (Å²) in [5.74, 6) is -1.85. The average molecular weight is 620 g/mol. The quantitative estimate of drug-likeness (QED) is 0.149. The minimum Gasteiger partial charge on any atom is -0.481 e. The number of nitrogens with zero attached hydrogens (tertiary/aromatic N) is 1. The summed E-state index contributed by atoms with van der Waals surface area (Å²) in [5.41, 5.74) is 3.53. The van der Waals surface area contributed by atoms with Gasteiger partial charge >= 0.3 is 18.4 Å². The standard InChI is InChI=1S/C34H32F3N3O5/c35-34(36,37)45-29-17-15-28(16-18-29)39-33(44)40(23-24-11-13-27(14-12-24)32(43)38-21-19-31(41)42)22-20-30(25-7-3-1-4-8-25)26-9-5-2-6-10-26/h1-18,30H,19-23H2,(H,38,43)(H,39,44)(H,41,42). The normalized spacial score (nSPS) is 11.1. The van der Waals surface area contributed by atoms with E-state index in [1.54, 1.807) is 29.2 Å². The van der Waals surface area contributed by atoms with E-state index in [9.17, 15) is 27.6 Å². The van der Waals surface area contributed by atoms with Crippen LogP contribution in [0.5, 0.6) is 5.75 Å². The Balaban J connectivity index is 1.52. The number of carbonyl (C=O) groups is 3. The number of aliphatic carboxylic acids is 1. The van der Waals surface area contributed by atoms with Gasteiger partial charge < -0.3 is 25.4 Å². The van der Waals surface area contributed by atoms with Crippen molar-refractivity contribution in [2.45, 2.75) is 31.7 Å². The molecule has 4 rings (SSSR count). The lowest BCUT2D eigenvalue weighted by atomic mass is 9.88. The van der Waals surface area contributed by atoms with Crippen LogP contribution in [0, 0.1) is 0 Å². The van der Waals surface area contributed by atoms with E-state index in [1.807, 2.05) is 60.7 Å². The smallest absolute Gasteiger partial charge is 0.481 e. The Labute approximate surface area is 258 Å². The molecule has 0 saturated heterocycles. The van der Waals surface area contributed by atoms with Crippen LogP contribution in [0.1, 0.15) is 45.8 Å². The number of alkyl halides is 3. The van der Waals surface area contributed by atoms with E-state index in [4.69, 9.17) is 5.11 Å². The molecule has 0 atom stereocenters. The monoisotopic (exact) mass is 619 g/mol. The number of carbonyl (C=O) groups excluding carboxylic acids is 2. The minimum atomic E-state index is -4.83. The number of urea groups is 1. The third-order valence-corrected chi connectivity index (χ3v) is 6.93. The number of hydrogen-bond donors (Lipinski definition) is 3. The Morgan fingerprint density at radius 2 is 1.38 bits per heavy atom. The molecule has 3 N–H and O–H groups in total. The molecule has 45 heavy (non-hydrogen) atoms. The highest BCUT2D eigenvalue weighted by atomic mass is 19.4. The molecule has 8 nitrogen and oxygen atoms in total. The zero-order valence-electron chi connectivity index (χ0n) is 24.2. The van der Waals surface area contributed by atoms with Gasteiger partial charge in [0, 0.05) is 36.8 Å². The van der Waals surface area contributed by atoms with Crippen molar-refractivity contribution in [2.24, 2.45) is 0 Å².